The SMILES string of the molecule is C[C@H]1OCCN[C@@H]1C(=O)NC1CCCOc2ccc(F)cc21.Cl. The highest BCUT2D eigenvalue weighted by Crippen LogP contribution is 2.32. The molecule has 1 unspecified atom stereocenters. The van der Waals surface area contributed by atoms with Crippen molar-refractivity contribution in [3.05, 3.63) is 29.6 Å². The summed E-state index contributed by atoms with van der Waals surface area (Å²) in [5.74, 6) is 0.204. The van der Waals surface area contributed by atoms with Gasteiger partial charge in [-0.05, 0) is 38.0 Å². The number of amides is 1. The fourth-order valence-electron chi connectivity index (χ4n) is 2.99. The number of hydrogen-bond acceptors (Lipinski definition) is 4. The minimum Gasteiger partial charge on any atom is -0.493 e. The van der Waals surface area contributed by atoms with E-state index < -0.39 is 0 Å². The monoisotopic (exact) mass is 344 g/mol. The third-order valence-electron chi connectivity index (χ3n) is 4.16. The van der Waals surface area contributed by atoms with Crippen LogP contribution in [0.3, 0.4) is 0 Å². The smallest absolute Gasteiger partial charge is 0.240 e. The lowest BCUT2D eigenvalue weighted by atomic mass is 10.0. The van der Waals surface area contributed by atoms with Crippen LogP contribution in [0.15, 0.2) is 18.2 Å². The number of ether oxygens (including phenoxy) is 2. The van der Waals surface area contributed by atoms with E-state index in [0.717, 1.165) is 12.8 Å². The number of morpholine rings is 1. The Kier molecular flexibility index (Phi) is 6.21. The second-order valence-electron chi connectivity index (χ2n) is 5.74. The molecule has 1 aromatic carbocycles. The number of carbonyl (C=O) groups is 1. The van der Waals surface area contributed by atoms with Gasteiger partial charge in [-0.15, -0.1) is 12.4 Å². The summed E-state index contributed by atoms with van der Waals surface area (Å²) in [7, 11) is 0. The van der Waals surface area contributed by atoms with Gasteiger partial charge in [-0.25, -0.2) is 4.39 Å². The van der Waals surface area contributed by atoms with Crippen molar-refractivity contribution in [3.8, 4) is 5.75 Å². The van der Waals surface area contributed by atoms with Crippen LogP contribution in [0.4, 0.5) is 4.39 Å². The molecule has 0 bridgehead atoms. The van der Waals surface area contributed by atoms with E-state index in [1.165, 1.54) is 12.1 Å². The molecule has 2 aliphatic rings. The Bertz CT molecular complexity index is 558. The summed E-state index contributed by atoms with van der Waals surface area (Å²) >= 11 is 0. The van der Waals surface area contributed by atoms with Crippen LogP contribution in [0.1, 0.15) is 31.4 Å². The first-order valence-electron chi connectivity index (χ1n) is 7.73. The van der Waals surface area contributed by atoms with E-state index in [1.54, 1.807) is 6.07 Å². The molecule has 23 heavy (non-hydrogen) atoms. The lowest BCUT2D eigenvalue weighted by Gasteiger charge is -2.31. The van der Waals surface area contributed by atoms with Crippen LogP contribution < -0.4 is 15.4 Å². The van der Waals surface area contributed by atoms with Crippen molar-refractivity contribution in [2.24, 2.45) is 0 Å². The predicted octanol–water partition coefficient (Wildman–Crippen LogP) is 1.95. The quantitative estimate of drug-likeness (QED) is 0.861. The molecule has 2 aliphatic heterocycles. The number of hydrogen-bond donors (Lipinski definition) is 2. The molecular formula is C16H22ClFN2O3. The van der Waals surface area contributed by atoms with Gasteiger partial charge in [0, 0.05) is 12.1 Å². The van der Waals surface area contributed by atoms with Crippen molar-refractivity contribution in [3.63, 3.8) is 0 Å². The number of halogens is 2. The highest BCUT2D eigenvalue weighted by atomic mass is 35.5. The molecular weight excluding hydrogens is 323 g/mol. The fraction of sp³-hybridized carbons (Fsp3) is 0.562. The van der Waals surface area contributed by atoms with E-state index in [4.69, 9.17) is 9.47 Å². The highest BCUT2D eigenvalue weighted by Gasteiger charge is 2.31. The zero-order valence-corrected chi connectivity index (χ0v) is 13.8. The Labute approximate surface area is 141 Å². The van der Waals surface area contributed by atoms with E-state index in [2.05, 4.69) is 10.6 Å². The zero-order chi connectivity index (χ0) is 15.5. The predicted molar refractivity (Wildman–Crippen MR) is 86.5 cm³/mol. The molecule has 2 N–H and O–H groups in total. The van der Waals surface area contributed by atoms with Crippen LogP contribution in [-0.2, 0) is 9.53 Å². The van der Waals surface area contributed by atoms with Gasteiger partial charge < -0.3 is 20.1 Å². The summed E-state index contributed by atoms with van der Waals surface area (Å²) in [6.07, 6.45) is 1.36. The van der Waals surface area contributed by atoms with Crippen LogP contribution in [0.2, 0.25) is 0 Å². The van der Waals surface area contributed by atoms with Gasteiger partial charge >= 0.3 is 0 Å². The minimum atomic E-state index is -0.380. The average Bonchev–Trinajstić information content (AvgIpc) is 2.70. The largest absolute Gasteiger partial charge is 0.493 e. The zero-order valence-electron chi connectivity index (χ0n) is 13.0. The number of nitrogens with one attached hydrogen (secondary N) is 2. The number of fused-ring (bicyclic) bond motifs is 1. The van der Waals surface area contributed by atoms with Crippen molar-refractivity contribution in [1.29, 1.82) is 0 Å². The maximum atomic E-state index is 13.6. The topological polar surface area (TPSA) is 59.6 Å². The minimum absolute atomic E-state index is 0. The molecule has 1 aromatic rings. The first-order chi connectivity index (χ1) is 10.6. The average molecular weight is 345 g/mol. The Balaban J connectivity index is 0.00000192. The van der Waals surface area contributed by atoms with E-state index in [-0.39, 0.29) is 42.3 Å². The van der Waals surface area contributed by atoms with Gasteiger partial charge in [0.15, 0.2) is 0 Å². The van der Waals surface area contributed by atoms with Crippen molar-refractivity contribution in [2.45, 2.75) is 38.0 Å². The van der Waals surface area contributed by atoms with Crippen molar-refractivity contribution in [2.75, 3.05) is 19.8 Å². The number of carbonyl (C=O) groups excluding carboxylic acids is 1. The Hall–Kier alpha value is -1.37. The molecule has 0 saturated carbocycles. The van der Waals surface area contributed by atoms with E-state index in [0.29, 0.717) is 31.1 Å². The maximum absolute atomic E-state index is 13.6. The van der Waals surface area contributed by atoms with Gasteiger partial charge in [-0.1, -0.05) is 0 Å². The summed E-state index contributed by atoms with van der Waals surface area (Å²) in [5.41, 5.74) is 0.704. The van der Waals surface area contributed by atoms with Gasteiger partial charge in [0.2, 0.25) is 5.91 Å². The van der Waals surface area contributed by atoms with Crippen molar-refractivity contribution in [1.82, 2.24) is 10.6 Å². The summed E-state index contributed by atoms with van der Waals surface area (Å²) in [6, 6.07) is 3.83. The maximum Gasteiger partial charge on any atom is 0.240 e. The molecule has 7 heteroatoms. The van der Waals surface area contributed by atoms with E-state index >= 15 is 0 Å². The molecule has 5 nitrogen and oxygen atoms in total. The first-order valence-corrected chi connectivity index (χ1v) is 7.73. The first kappa shape index (κ1) is 18.0. The molecule has 1 fully saturated rings. The van der Waals surface area contributed by atoms with Crippen LogP contribution in [0.5, 0.6) is 5.75 Å². The molecule has 1 amide bonds. The van der Waals surface area contributed by atoms with Crippen LogP contribution in [0.25, 0.3) is 0 Å². The van der Waals surface area contributed by atoms with Gasteiger partial charge in [0.05, 0.1) is 25.4 Å². The lowest BCUT2D eigenvalue weighted by molar-refractivity contribution is -0.129. The molecule has 0 spiro atoms. The second kappa shape index (κ2) is 7.95. The Morgan fingerprint density at radius 2 is 2.22 bits per heavy atom. The fourth-order valence-corrected chi connectivity index (χ4v) is 2.99. The normalized spacial score (nSPS) is 27.0. The summed E-state index contributed by atoms with van der Waals surface area (Å²) in [4.78, 5) is 12.5. The third-order valence-corrected chi connectivity index (χ3v) is 4.16. The molecule has 128 valence electrons. The van der Waals surface area contributed by atoms with E-state index in [1.807, 2.05) is 6.92 Å². The van der Waals surface area contributed by atoms with Crippen molar-refractivity contribution < 1.29 is 18.7 Å². The van der Waals surface area contributed by atoms with E-state index in [9.17, 15) is 9.18 Å². The summed E-state index contributed by atoms with van der Waals surface area (Å²) in [6.45, 7) is 3.71. The highest BCUT2D eigenvalue weighted by molar-refractivity contribution is 5.85. The summed E-state index contributed by atoms with van der Waals surface area (Å²) in [5, 5.41) is 6.18. The molecule has 0 aromatic heterocycles. The number of benzene rings is 1. The van der Waals surface area contributed by atoms with Crippen LogP contribution in [0, 0.1) is 5.82 Å². The molecule has 0 aliphatic carbocycles. The van der Waals surface area contributed by atoms with Crippen molar-refractivity contribution >= 4 is 18.3 Å². The standard InChI is InChI=1S/C16H21FN2O3.ClH/c1-10-15(18-6-8-21-10)16(20)19-13-3-2-7-22-14-5-4-11(17)9-12(13)14;/h4-5,9-10,13,15,18H,2-3,6-8H2,1H3,(H,19,20);1H/t10-,13?,15+;/m1./s1. The van der Waals surface area contributed by atoms with Gasteiger partial charge in [-0.3, -0.25) is 4.79 Å². The van der Waals surface area contributed by atoms with Gasteiger partial charge in [-0.2, -0.15) is 0 Å². The number of rotatable bonds is 2. The molecule has 3 rings (SSSR count). The van der Waals surface area contributed by atoms with Gasteiger partial charge in [0.25, 0.3) is 0 Å². The third kappa shape index (κ3) is 4.13. The second-order valence-corrected chi connectivity index (χ2v) is 5.74. The molecule has 3 atom stereocenters. The Morgan fingerprint density at radius 1 is 1.39 bits per heavy atom. The molecule has 2 heterocycles. The molecule has 1 saturated heterocycles. The van der Waals surface area contributed by atoms with Gasteiger partial charge in [0.1, 0.15) is 17.6 Å². The summed E-state index contributed by atoms with van der Waals surface area (Å²) < 4.78 is 24.7. The Morgan fingerprint density at radius 3 is 3.00 bits per heavy atom. The van der Waals surface area contributed by atoms with Crippen LogP contribution >= 0.6 is 12.4 Å². The van der Waals surface area contributed by atoms with Crippen LogP contribution in [-0.4, -0.2) is 37.8 Å². The lowest BCUT2D eigenvalue weighted by Crippen LogP contribution is -2.55. The molecule has 0 radical (unpaired) electrons.